The molecule has 26 heavy (non-hydrogen) atoms. The van der Waals surface area contributed by atoms with Gasteiger partial charge in [0.2, 0.25) is 0 Å². The third-order valence-corrected chi connectivity index (χ3v) is 5.13. The first-order valence-corrected chi connectivity index (χ1v) is 9.52. The Morgan fingerprint density at radius 2 is 1.85 bits per heavy atom. The Labute approximate surface area is 156 Å². The zero-order chi connectivity index (χ0) is 19.1. The summed E-state index contributed by atoms with van der Waals surface area (Å²) in [5.74, 6) is -0.860. The van der Waals surface area contributed by atoms with Crippen LogP contribution in [0.3, 0.4) is 0 Å². The second kappa shape index (κ2) is 9.57. The molecule has 1 aliphatic rings. The molecule has 1 amide bonds. The molecular formula is C20H31N3O3. The summed E-state index contributed by atoms with van der Waals surface area (Å²) in [7, 11) is 2.07. The molecule has 0 spiro atoms. The maximum absolute atomic E-state index is 12.4. The summed E-state index contributed by atoms with van der Waals surface area (Å²) in [6.45, 7) is 5.93. The van der Waals surface area contributed by atoms with Gasteiger partial charge in [-0.25, -0.2) is 0 Å². The number of hydrogen-bond donors (Lipinski definition) is 2. The highest BCUT2D eigenvalue weighted by atomic mass is 16.4. The van der Waals surface area contributed by atoms with Crippen molar-refractivity contribution in [3.8, 4) is 0 Å². The molecule has 0 unspecified atom stereocenters. The number of carbonyl (C=O) groups is 2. The number of aliphatic carboxylic acids is 1. The number of likely N-dealkylation sites (N-methyl/N-ethyl adjacent to an activating group) is 1. The second-order valence-corrected chi connectivity index (χ2v) is 7.07. The molecule has 0 bridgehead atoms. The summed E-state index contributed by atoms with van der Waals surface area (Å²) in [5.41, 5.74) is 1.78. The highest BCUT2D eigenvalue weighted by Gasteiger charge is 2.34. The number of carboxylic acid groups (broad SMARTS) is 1. The van der Waals surface area contributed by atoms with Crippen LogP contribution in [0.5, 0.6) is 0 Å². The minimum absolute atomic E-state index is 0.0579. The minimum Gasteiger partial charge on any atom is -0.480 e. The first-order chi connectivity index (χ1) is 12.4. The van der Waals surface area contributed by atoms with Crippen LogP contribution in [0.15, 0.2) is 24.3 Å². The van der Waals surface area contributed by atoms with Crippen LogP contribution in [-0.2, 0) is 4.79 Å². The molecule has 2 N–H and O–H groups in total. The molecular weight excluding hydrogens is 330 g/mol. The number of unbranched alkanes of at least 4 members (excludes halogenated alkanes) is 1. The summed E-state index contributed by atoms with van der Waals surface area (Å²) < 4.78 is 0. The highest BCUT2D eigenvalue weighted by molar-refractivity contribution is 5.94. The van der Waals surface area contributed by atoms with E-state index in [4.69, 9.17) is 5.11 Å². The van der Waals surface area contributed by atoms with Crippen LogP contribution in [0.25, 0.3) is 0 Å². The lowest BCUT2D eigenvalue weighted by molar-refractivity contribution is -0.139. The predicted octanol–water partition coefficient (Wildman–Crippen LogP) is 2.59. The summed E-state index contributed by atoms with van der Waals surface area (Å²) in [6.07, 6.45) is 3.93. The summed E-state index contributed by atoms with van der Waals surface area (Å²) >= 11 is 0. The van der Waals surface area contributed by atoms with Gasteiger partial charge in [0.1, 0.15) is 0 Å². The zero-order valence-electron chi connectivity index (χ0n) is 16.1. The Bertz CT molecular complexity index is 597. The van der Waals surface area contributed by atoms with E-state index in [9.17, 15) is 9.59 Å². The molecule has 6 heteroatoms. The maximum Gasteiger partial charge on any atom is 0.317 e. The van der Waals surface area contributed by atoms with Gasteiger partial charge in [-0.3, -0.25) is 14.5 Å². The Morgan fingerprint density at radius 3 is 2.38 bits per heavy atom. The Hall–Kier alpha value is -2.08. The molecule has 0 aromatic heterocycles. The van der Waals surface area contributed by atoms with E-state index < -0.39 is 5.97 Å². The lowest BCUT2D eigenvalue weighted by Crippen LogP contribution is -2.54. The second-order valence-electron chi connectivity index (χ2n) is 7.07. The fourth-order valence-corrected chi connectivity index (χ4v) is 3.34. The first-order valence-electron chi connectivity index (χ1n) is 9.52. The van der Waals surface area contributed by atoms with Gasteiger partial charge in [-0.2, -0.15) is 0 Å². The first kappa shape index (κ1) is 20.2. The van der Waals surface area contributed by atoms with E-state index in [1.165, 1.54) is 0 Å². The number of anilines is 1. The van der Waals surface area contributed by atoms with Gasteiger partial charge in [-0.1, -0.05) is 20.3 Å². The molecule has 1 aromatic rings. The average molecular weight is 361 g/mol. The summed E-state index contributed by atoms with van der Waals surface area (Å²) in [5, 5.41) is 12.0. The molecule has 0 saturated heterocycles. The van der Waals surface area contributed by atoms with Crippen LogP contribution in [0, 0.1) is 0 Å². The van der Waals surface area contributed by atoms with Crippen molar-refractivity contribution in [1.29, 1.82) is 0 Å². The molecule has 6 nitrogen and oxygen atoms in total. The number of nitrogens with one attached hydrogen (secondary N) is 1. The molecule has 0 aliphatic heterocycles. The van der Waals surface area contributed by atoms with Gasteiger partial charge in [0.15, 0.2) is 0 Å². The van der Waals surface area contributed by atoms with Gasteiger partial charge in [-0.15, -0.1) is 0 Å². The summed E-state index contributed by atoms with van der Waals surface area (Å²) in [6, 6.07) is 8.08. The molecule has 0 heterocycles. The average Bonchev–Trinajstić information content (AvgIpc) is 2.60. The van der Waals surface area contributed by atoms with E-state index in [1.807, 2.05) is 36.1 Å². The van der Waals surface area contributed by atoms with Gasteiger partial charge in [0.05, 0.1) is 6.54 Å². The molecule has 1 saturated carbocycles. The lowest BCUT2D eigenvalue weighted by Gasteiger charge is -2.42. The van der Waals surface area contributed by atoms with E-state index in [-0.39, 0.29) is 24.5 Å². The van der Waals surface area contributed by atoms with Crippen LogP contribution in [0.1, 0.15) is 49.9 Å². The number of nitrogens with zero attached hydrogens (tertiary/aromatic N) is 2. The summed E-state index contributed by atoms with van der Waals surface area (Å²) in [4.78, 5) is 27.4. The number of amides is 1. The van der Waals surface area contributed by atoms with Gasteiger partial charge in [0.25, 0.3) is 5.91 Å². The Kier molecular flexibility index (Phi) is 7.45. The van der Waals surface area contributed by atoms with Crippen molar-refractivity contribution < 1.29 is 14.7 Å². The van der Waals surface area contributed by atoms with Gasteiger partial charge < -0.3 is 15.3 Å². The number of benzene rings is 1. The van der Waals surface area contributed by atoms with Gasteiger partial charge in [-0.05, 0) is 50.1 Å². The van der Waals surface area contributed by atoms with E-state index in [0.717, 1.165) is 37.9 Å². The fourth-order valence-electron chi connectivity index (χ4n) is 3.34. The normalized spacial score (nSPS) is 19.1. The molecule has 1 fully saturated rings. The van der Waals surface area contributed by atoms with Crippen molar-refractivity contribution >= 4 is 17.6 Å². The topological polar surface area (TPSA) is 72.9 Å². The van der Waals surface area contributed by atoms with Crippen LogP contribution in [-0.4, -0.2) is 60.6 Å². The van der Waals surface area contributed by atoms with E-state index in [1.54, 1.807) is 0 Å². The molecule has 2 rings (SSSR count). The van der Waals surface area contributed by atoms with Crippen molar-refractivity contribution in [3.63, 3.8) is 0 Å². The molecule has 1 aliphatic carbocycles. The molecule has 1 aromatic carbocycles. The van der Waals surface area contributed by atoms with Crippen molar-refractivity contribution in [2.75, 3.05) is 31.6 Å². The number of hydrogen-bond acceptors (Lipinski definition) is 4. The zero-order valence-corrected chi connectivity index (χ0v) is 16.1. The molecule has 144 valence electrons. The van der Waals surface area contributed by atoms with Crippen LogP contribution >= 0.6 is 0 Å². The van der Waals surface area contributed by atoms with Gasteiger partial charge in [0, 0.05) is 36.9 Å². The largest absolute Gasteiger partial charge is 0.480 e. The quantitative estimate of drug-likeness (QED) is 0.670. The monoisotopic (exact) mass is 361 g/mol. The van der Waals surface area contributed by atoms with Crippen LogP contribution < -0.4 is 10.2 Å². The minimum atomic E-state index is -0.802. The predicted molar refractivity (Wildman–Crippen MR) is 104 cm³/mol. The number of carboxylic acids is 1. The SMILES string of the molecule is CCCCN(C)c1ccc(C(=O)NC2CC(N(CC)CC(=O)O)C2)cc1. The third kappa shape index (κ3) is 5.46. The van der Waals surface area contributed by atoms with Gasteiger partial charge >= 0.3 is 5.97 Å². The smallest absolute Gasteiger partial charge is 0.317 e. The van der Waals surface area contributed by atoms with E-state index in [2.05, 4.69) is 24.2 Å². The van der Waals surface area contributed by atoms with Crippen molar-refractivity contribution in [1.82, 2.24) is 10.2 Å². The maximum atomic E-state index is 12.4. The molecule has 0 atom stereocenters. The highest BCUT2D eigenvalue weighted by Crippen LogP contribution is 2.26. The lowest BCUT2D eigenvalue weighted by atomic mass is 9.85. The molecule has 0 radical (unpaired) electrons. The van der Waals surface area contributed by atoms with Crippen molar-refractivity contribution in [3.05, 3.63) is 29.8 Å². The standard InChI is InChI=1S/C20H31N3O3/c1-4-6-11-22(3)17-9-7-15(8-10-17)20(26)21-16-12-18(13-16)23(5-2)14-19(24)25/h7-10,16,18H,4-6,11-14H2,1-3H3,(H,21,26)(H,24,25). The number of carbonyl (C=O) groups excluding carboxylic acids is 1. The Balaban J connectivity index is 1.81. The number of rotatable bonds is 10. The van der Waals surface area contributed by atoms with Crippen molar-refractivity contribution in [2.24, 2.45) is 0 Å². The van der Waals surface area contributed by atoms with Crippen LogP contribution in [0.2, 0.25) is 0 Å². The van der Waals surface area contributed by atoms with Crippen LogP contribution in [0.4, 0.5) is 5.69 Å². The van der Waals surface area contributed by atoms with E-state index >= 15 is 0 Å². The van der Waals surface area contributed by atoms with E-state index in [0.29, 0.717) is 12.1 Å². The van der Waals surface area contributed by atoms with Crippen molar-refractivity contribution in [2.45, 2.75) is 51.6 Å². The Morgan fingerprint density at radius 1 is 1.19 bits per heavy atom. The third-order valence-electron chi connectivity index (χ3n) is 5.13. The fraction of sp³-hybridized carbons (Fsp3) is 0.600.